The quantitative estimate of drug-likeness (QED) is 0.719. The summed E-state index contributed by atoms with van der Waals surface area (Å²) in [4.78, 5) is 27.2. The molecule has 0 saturated carbocycles. The number of nitrogens with zero attached hydrogens (tertiary/aromatic N) is 1. The maximum Gasteiger partial charge on any atom is 0.340 e. The summed E-state index contributed by atoms with van der Waals surface area (Å²) >= 11 is 6.13. The summed E-state index contributed by atoms with van der Waals surface area (Å²) in [5.41, 5.74) is 1.79. The molecule has 1 aromatic carbocycles. The Bertz CT molecular complexity index is 769. The number of ether oxygens (including phenoxy) is 2. The molecule has 27 heavy (non-hydrogen) atoms. The van der Waals surface area contributed by atoms with Crippen molar-refractivity contribution in [1.82, 2.24) is 10.2 Å². The fraction of sp³-hybridized carbons (Fsp3) is 0.400. The molecule has 7 heteroatoms. The smallest absolute Gasteiger partial charge is 0.340 e. The van der Waals surface area contributed by atoms with Crippen LogP contribution in [-0.4, -0.2) is 56.7 Å². The zero-order valence-corrected chi connectivity index (χ0v) is 16.8. The van der Waals surface area contributed by atoms with Crippen LogP contribution in [0.25, 0.3) is 5.57 Å². The van der Waals surface area contributed by atoms with Crippen molar-refractivity contribution in [2.75, 3.05) is 33.8 Å². The lowest BCUT2D eigenvalue weighted by Gasteiger charge is -2.22. The predicted octanol–water partition coefficient (Wildman–Crippen LogP) is 2.64. The van der Waals surface area contributed by atoms with Crippen LogP contribution in [0.15, 0.2) is 41.6 Å². The Labute approximate surface area is 164 Å². The molecule has 1 N–H and O–H groups in total. The Kier molecular flexibility index (Phi) is 7.45. The summed E-state index contributed by atoms with van der Waals surface area (Å²) in [5, 5.41) is 3.48. The Morgan fingerprint density at radius 2 is 2.00 bits per heavy atom. The van der Waals surface area contributed by atoms with Gasteiger partial charge in [-0.2, -0.15) is 0 Å². The van der Waals surface area contributed by atoms with Crippen LogP contribution < -0.4 is 5.32 Å². The zero-order chi connectivity index (χ0) is 20.0. The molecule has 6 nitrogen and oxygen atoms in total. The van der Waals surface area contributed by atoms with Crippen LogP contribution in [0.2, 0.25) is 5.02 Å². The molecular weight excluding hydrogens is 368 g/mol. The van der Waals surface area contributed by atoms with Gasteiger partial charge in [0.2, 0.25) is 0 Å². The van der Waals surface area contributed by atoms with Gasteiger partial charge in [0.25, 0.3) is 0 Å². The molecule has 0 spiro atoms. The van der Waals surface area contributed by atoms with Crippen molar-refractivity contribution >= 4 is 29.1 Å². The second kappa shape index (κ2) is 9.58. The van der Waals surface area contributed by atoms with E-state index in [0.29, 0.717) is 28.3 Å². The van der Waals surface area contributed by atoms with Crippen LogP contribution in [0, 0.1) is 0 Å². The summed E-state index contributed by atoms with van der Waals surface area (Å²) in [6.07, 6.45) is 1.29. The van der Waals surface area contributed by atoms with Crippen LogP contribution in [-0.2, 0) is 19.1 Å². The number of rotatable bonds is 7. The average Bonchev–Trinajstić information content (AvgIpc) is 2.60. The summed E-state index contributed by atoms with van der Waals surface area (Å²) in [7, 11) is 3.80. The molecule has 0 atom stereocenters. The summed E-state index contributed by atoms with van der Waals surface area (Å²) in [6.45, 7) is 4.66. The first kappa shape index (κ1) is 21.0. The Morgan fingerprint density at radius 3 is 2.63 bits per heavy atom. The van der Waals surface area contributed by atoms with Gasteiger partial charge < -0.3 is 19.7 Å². The van der Waals surface area contributed by atoms with E-state index in [9.17, 15) is 9.59 Å². The van der Waals surface area contributed by atoms with E-state index < -0.39 is 11.9 Å². The third-order valence-corrected chi connectivity index (χ3v) is 4.03. The highest BCUT2D eigenvalue weighted by atomic mass is 35.5. The van der Waals surface area contributed by atoms with E-state index in [1.807, 2.05) is 19.0 Å². The number of carbonyl (C=O) groups is 2. The van der Waals surface area contributed by atoms with Crippen LogP contribution in [0.3, 0.4) is 0 Å². The van der Waals surface area contributed by atoms with Gasteiger partial charge in [-0.3, -0.25) is 0 Å². The number of hydrogen-bond acceptors (Lipinski definition) is 6. The Morgan fingerprint density at radius 1 is 1.26 bits per heavy atom. The van der Waals surface area contributed by atoms with Crippen LogP contribution >= 0.6 is 11.6 Å². The number of esters is 2. The first-order valence-electron chi connectivity index (χ1n) is 8.75. The topological polar surface area (TPSA) is 67.9 Å². The van der Waals surface area contributed by atoms with Gasteiger partial charge in [0.1, 0.15) is 6.61 Å². The van der Waals surface area contributed by atoms with Gasteiger partial charge in [-0.1, -0.05) is 23.7 Å². The number of nitrogens with one attached hydrogen (secondary N) is 1. The molecule has 0 unspecified atom stereocenters. The second-order valence-electron chi connectivity index (χ2n) is 6.70. The molecule has 0 fully saturated rings. The summed E-state index contributed by atoms with van der Waals surface area (Å²) in [5.74, 6) is -0.979. The number of likely N-dealkylation sites (N-methyl/N-ethyl adjacent to an activating group) is 1. The summed E-state index contributed by atoms with van der Waals surface area (Å²) in [6, 6.07) is 7.02. The van der Waals surface area contributed by atoms with Crippen molar-refractivity contribution < 1.29 is 19.1 Å². The highest BCUT2D eigenvalue weighted by Crippen LogP contribution is 2.32. The predicted molar refractivity (Wildman–Crippen MR) is 105 cm³/mol. The zero-order valence-electron chi connectivity index (χ0n) is 16.0. The molecule has 0 amide bonds. The van der Waals surface area contributed by atoms with E-state index in [2.05, 4.69) is 5.32 Å². The third-order valence-electron chi connectivity index (χ3n) is 3.79. The average molecular weight is 393 g/mol. The highest BCUT2D eigenvalue weighted by Gasteiger charge is 2.29. The lowest BCUT2D eigenvalue weighted by atomic mass is 9.91. The van der Waals surface area contributed by atoms with Gasteiger partial charge >= 0.3 is 11.9 Å². The normalized spacial score (nSPS) is 14.1. The Balaban J connectivity index is 2.43. The fourth-order valence-electron chi connectivity index (χ4n) is 2.57. The van der Waals surface area contributed by atoms with Crippen molar-refractivity contribution in [2.45, 2.75) is 20.0 Å². The fourth-order valence-corrected chi connectivity index (χ4v) is 2.76. The first-order valence-corrected chi connectivity index (χ1v) is 9.13. The van der Waals surface area contributed by atoms with Gasteiger partial charge in [-0.15, -0.1) is 0 Å². The van der Waals surface area contributed by atoms with Crippen molar-refractivity contribution in [3.05, 3.63) is 52.2 Å². The molecule has 0 aromatic heterocycles. The molecule has 0 bridgehead atoms. The van der Waals surface area contributed by atoms with Crippen LogP contribution in [0.1, 0.15) is 19.4 Å². The third kappa shape index (κ3) is 5.84. The van der Waals surface area contributed by atoms with Gasteiger partial charge in [0, 0.05) is 29.9 Å². The minimum absolute atomic E-state index is 0.251. The van der Waals surface area contributed by atoms with Crippen molar-refractivity contribution in [1.29, 1.82) is 0 Å². The number of halogens is 1. The van der Waals surface area contributed by atoms with Crippen molar-refractivity contribution in [3.63, 3.8) is 0 Å². The van der Waals surface area contributed by atoms with E-state index in [-0.39, 0.29) is 24.8 Å². The van der Waals surface area contributed by atoms with Crippen LogP contribution in [0.4, 0.5) is 0 Å². The van der Waals surface area contributed by atoms with Gasteiger partial charge in [0.05, 0.1) is 17.3 Å². The molecule has 1 aliphatic rings. The van der Waals surface area contributed by atoms with Gasteiger partial charge in [-0.25, -0.2) is 9.59 Å². The van der Waals surface area contributed by atoms with Crippen molar-refractivity contribution in [3.8, 4) is 0 Å². The maximum absolute atomic E-state index is 12.7. The minimum atomic E-state index is -0.509. The van der Waals surface area contributed by atoms with Gasteiger partial charge in [-0.05, 0) is 45.6 Å². The van der Waals surface area contributed by atoms with E-state index in [1.54, 1.807) is 44.3 Å². The van der Waals surface area contributed by atoms with Gasteiger partial charge in [0.15, 0.2) is 0 Å². The molecule has 1 aromatic rings. The molecule has 0 saturated heterocycles. The molecule has 1 heterocycles. The first-order chi connectivity index (χ1) is 12.8. The van der Waals surface area contributed by atoms with E-state index >= 15 is 0 Å². The number of hydrogen-bond donors (Lipinski definition) is 1. The number of carbonyl (C=O) groups excluding carboxylic acids is 2. The van der Waals surface area contributed by atoms with Crippen molar-refractivity contribution in [2.24, 2.45) is 0 Å². The highest BCUT2D eigenvalue weighted by molar-refractivity contribution is 6.31. The molecule has 2 rings (SSSR count). The largest absolute Gasteiger partial charge is 0.461 e. The van der Waals surface area contributed by atoms with E-state index in [4.69, 9.17) is 21.1 Å². The maximum atomic E-state index is 12.7. The molecule has 0 radical (unpaired) electrons. The molecule has 146 valence electrons. The SMILES string of the molecule is CC(C)OC(=O)C1=CNCC(C(=O)OCCN(C)C)=C1c1cccc(Cl)c1. The molecule has 1 aliphatic heterocycles. The minimum Gasteiger partial charge on any atom is -0.461 e. The summed E-state index contributed by atoms with van der Waals surface area (Å²) < 4.78 is 10.7. The van der Waals surface area contributed by atoms with E-state index in [1.165, 1.54) is 0 Å². The Hall–Kier alpha value is -2.31. The number of dihydropyridines is 1. The number of benzene rings is 1. The second-order valence-corrected chi connectivity index (χ2v) is 7.13. The monoisotopic (exact) mass is 392 g/mol. The standard InChI is InChI=1S/C20H25ClN2O4/c1-13(2)27-20(25)17-12-22-11-16(19(24)26-9-8-23(3)4)18(17)14-6-5-7-15(21)10-14/h5-7,10,12-13,22H,8-9,11H2,1-4H3. The van der Waals surface area contributed by atoms with Crippen LogP contribution in [0.5, 0.6) is 0 Å². The lowest BCUT2D eigenvalue weighted by Crippen LogP contribution is -2.29. The molecular formula is C20H25ClN2O4. The molecule has 0 aliphatic carbocycles. The lowest BCUT2D eigenvalue weighted by molar-refractivity contribution is -0.142. The van der Waals surface area contributed by atoms with E-state index in [0.717, 1.165) is 0 Å².